The summed E-state index contributed by atoms with van der Waals surface area (Å²) in [6.45, 7) is 4.89. The molecule has 0 atom stereocenters. The van der Waals surface area contributed by atoms with Gasteiger partial charge in [-0.3, -0.25) is 0 Å². The van der Waals surface area contributed by atoms with Gasteiger partial charge in [0.2, 0.25) is 0 Å². The molecule has 2 aromatic rings. The van der Waals surface area contributed by atoms with Gasteiger partial charge in [0, 0.05) is 31.0 Å². The van der Waals surface area contributed by atoms with Gasteiger partial charge < -0.3 is 15.3 Å². The zero-order valence-electron chi connectivity index (χ0n) is 13.2. The maximum Gasteiger partial charge on any atom is 0.335 e. The molecule has 2 N–H and O–H groups in total. The van der Waals surface area contributed by atoms with Crippen molar-refractivity contribution in [3.8, 4) is 0 Å². The largest absolute Gasteiger partial charge is 0.478 e. The molecule has 4 heteroatoms. The number of nitrogens with zero attached hydrogens (tertiary/aromatic N) is 1. The van der Waals surface area contributed by atoms with Gasteiger partial charge in [-0.1, -0.05) is 18.2 Å². The van der Waals surface area contributed by atoms with Crippen molar-refractivity contribution in [2.75, 3.05) is 17.3 Å². The molecule has 0 bridgehead atoms. The van der Waals surface area contributed by atoms with Crippen LogP contribution < -0.4 is 10.2 Å². The van der Waals surface area contributed by atoms with Crippen LogP contribution in [0.3, 0.4) is 0 Å². The van der Waals surface area contributed by atoms with Crippen molar-refractivity contribution in [1.82, 2.24) is 0 Å². The van der Waals surface area contributed by atoms with Crippen LogP contribution in [0.1, 0.15) is 29.8 Å². The highest BCUT2D eigenvalue weighted by Crippen LogP contribution is 2.20. The first-order chi connectivity index (χ1) is 10.5. The average molecular weight is 298 g/mol. The molecule has 0 saturated heterocycles. The molecule has 0 fully saturated rings. The molecule has 116 valence electrons. The maximum atomic E-state index is 11.0. The van der Waals surface area contributed by atoms with Crippen molar-refractivity contribution in [3.63, 3.8) is 0 Å². The van der Waals surface area contributed by atoms with Crippen LogP contribution >= 0.6 is 0 Å². The number of benzene rings is 2. The van der Waals surface area contributed by atoms with Gasteiger partial charge in [0.15, 0.2) is 0 Å². The molecule has 2 aromatic carbocycles. The lowest BCUT2D eigenvalue weighted by molar-refractivity contribution is 0.0697. The Morgan fingerprint density at radius 2 is 1.91 bits per heavy atom. The summed E-state index contributed by atoms with van der Waals surface area (Å²) in [6.07, 6.45) is 0. The molecule has 0 amide bonds. The van der Waals surface area contributed by atoms with Gasteiger partial charge in [-0.25, -0.2) is 4.79 Å². The summed E-state index contributed by atoms with van der Waals surface area (Å²) in [5.74, 6) is -0.901. The third-order valence-corrected chi connectivity index (χ3v) is 3.70. The van der Waals surface area contributed by atoms with Crippen LogP contribution in [0.25, 0.3) is 0 Å². The van der Waals surface area contributed by atoms with Gasteiger partial charge in [0.25, 0.3) is 0 Å². The Bertz CT molecular complexity index is 653. The van der Waals surface area contributed by atoms with Crippen LogP contribution in [0.4, 0.5) is 11.4 Å². The predicted octanol–water partition coefficient (Wildman–Crippen LogP) is 3.84. The topological polar surface area (TPSA) is 52.6 Å². The highest BCUT2D eigenvalue weighted by Gasteiger charge is 2.06. The molecule has 0 aliphatic heterocycles. The number of carbonyl (C=O) groups is 1. The maximum absolute atomic E-state index is 11.0. The van der Waals surface area contributed by atoms with E-state index in [1.54, 1.807) is 18.2 Å². The van der Waals surface area contributed by atoms with Crippen LogP contribution in [0.5, 0.6) is 0 Å². The van der Waals surface area contributed by atoms with Crippen molar-refractivity contribution in [1.29, 1.82) is 0 Å². The number of aromatic carboxylic acids is 1. The first-order valence-corrected chi connectivity index (χ1v) is 7.36. The second-order valence-corrected chi connectivity index (χ2v) is 5.61. The Kier molecular flexibility index (Phi) is 5.04. The number of nitrogens with one attached hydrogen (secondary N) is 1. The summed E-state index contributed by atoms with van der Waals surface area (Å²) < 4.78 is 0. The normalized spacial score (nSPS) is 10.5. The fraction of sp³-hybridized carbons (Fsp3) is 0.278. The highest BCUT2D eigenvalue weighted by atomic mass is 16.4. The van der Waals surface area contributed by atoms with E-state index in [0.29, 0.717) is 18.2 Å². The summed E-state index contributed by atoms with van der Waals surface area (Å²) in [5.41, 5.74) is 3.43. The third-order valence-electron chi connectivity index (χ3n) is 3.70. The van der Waals surface area contributed by atoms with Crippen LogP contribution in [-0.4, -0.2) is 24.2 Å². The van der Waals surface area contributed by atoms with E-state index in [-0.39, 0.29) is 0 Å². The molecule has 22 heavy (non-hydrogen) atoms. The summed E-state index contributed by atoms with van der Waals surface area (Å²) in [4.78, 5) is 13.2. The zero-order chi connectivity index (χ0) is 16.1. The number of hydrogen-bond acceptors (Lipinski definition) is 3. The van der Waals surface area contributed by atoms with Crippen molar-refractivity contribution >= 4 is 17.3 Å². The van der Waals surface area contributed by atoms with E-state index in [4.69, 9.17) is 5.11 Å². The average Bonchev–Trinajstić information content (AvgIpc) is 2.52. The summed E-state index contributed by atoms with van der Waals surface area (Å²) in [7, 11) is 2.07. The van der Waals surface area contributed by atoms with Crippen LogP contribution in [0, 0.1) is 0 Å². The lowest BCUT2D eigenvalue weighted by Crippen LogP contribution is -2.25. The van der Waals surface area contributed by atoms with Crippen LogP contribution in [-0.2, 0) is 6.54 Å². The van der Waals surface area contributed by atoms with E-state index >= 15 is 0 Å². The van der Waals surface area contributed by atoms with E-state index < -0.39 is 5.97 Å². The molecule has 0 aliphatic carbocycles. The minimum atomic E-state index is -0.901. The molecule has 0 aromatic heterocycles. The van der Waals surface area contributed by atoms with Gasteiger partial charge in [0.05, 0.1) is 5.56 Å². The third kappa shape index (κ3) is 4.01. The fourth-order valence-electron chi connectivity index (χ4n) is 2.15. The van der Waals surface area contributed by atoms with Crippen molar-refractivity contribution in [2.45, 2.75) is 26.4 Å². The second-order valence-electron chi connectivity index (χ2n) is 5.61. The molecule has 0 heterocycles. The zero-order valence-corrected chi connectivity index (χ0v) is 13.2. The summed E-state index contributed by atoms with van der Waals surface area (Å²) >= 11 is 0. The number of anilines is 2. The monoisotopic (exact) mass is 298 g/mol. The Labute approximate surface area is 131 Å². The molecule has 2 rings (SSSR count). The van der Waals surface area contributed by atoms with E-state index in [2.05, 4.69) is 43.2 Å². The van der Waals surface area contributed by atoms with E-state index in [1.807, 2.05) is 18.2 Å². The minimum Gasteiger partial charge on any atom is -0.478 e. The van der Waals surface area contributed by atoms with Gasteiger partial charge in [0.1, 0.15) is 0 Å². The SMILES string of the molecule is CC(C)N(C)c1cccc(NCc2cccc(C(=O)O)c2)c1. The second kappa shape index (κ2) is 6.98. The molecule has 0 spiro atoms. The number of rotatable bonds is 6. The molecule has 4 nitrogen and oxygen atoms in total. The highest BCUT2D eigenvalue weighted by molar-refractivity contribution is 5.87. The van der Waals surface area contributed by atoms with Crippen molar-refractivity contribution in [3.05, 3.63) is 59.7 Å². The van der Waals surface area contributed by atoms with E-state index in [0.717, 1.165) is 16.9 Å². The lowest BCUT2D eigenvalue weighted by Gasteiger charge is -2.24. The molecular formula is C18H22N2O2. The Balaban J connectivity index is 2.07. The van der Waals surface area contributed by atoms with Gasteiger partial charge >= 0.3 is 5.97 Å². The van der Waals surface area contributed by atoms with Gasteiger partial charge in [-0.05, 0) is 49.7 Å². The standard InChI is InChI=1S/C18H22N2O2/c1-13(2)20(3)17-9-5-8-16(11-17)19-12-14-6-4-7-15(10-14)18(21)22/h4-11,13,19H,12H2,1-3H3,(H,21,22). The van der Waals surface area contributed by atoms with Crippen molar-refractivity contribution < 1.29 is 9.90 Å². The molecular weight excluding hydrogens is 276 g/mol. The molecule has 0 aliphatic rings. The van der Waals surface area contributed by atoms with E-state index in [9.17, 15) is 4.79 Å². The smallest absolute Gasteiger partial charge is 0.335 e. The van der Waals surface area contributed by atoms with Gasteiger partial charge in [-0.2, -0.15) is 0 Å². The number of hydrogen-bond donors (Lipinski definition) is 2. The first-order valence-electron chi connectivity index (χ1n) is 7.36. The molecule has 0 saturated carbocycles. The Hall–Kier alpha value is -2.49. The van der Waals surface area contributed by atoms with Gasteiger partial charge in [-0.15, -0.1) is 0 Å². The summed E-state index contributed by atoms with van der Waals surface area (Å²) in [6, 6.07) is 15.6. The first kappa shape index (κ1) is 15.9. The fourth-order valence-corrected chi connectivity index (χ4v) is 2.15. The van der Waals surface area contributed by atoms with Crippen molar-refractivity contribution in [2.24, 2.45) is 0 Å². The number of carboxylic acids is 1. The lowest BCUT2D eigenvalue weighted by atomic mass is 10.1. The summed E-state index contributed by atoms with van der Waals surface area (Å²) in [5, 5.41) is 12.4. The van der Waals surface area contributed by atoms with E-state index in [1.165, 1.54) is 0 Å². The molecule has 0 radical (unpaired) electrons. The van der Waals surface area contributed by atoms with Crippen LogP contribution in [0.2, 0.25) is 0 Å². The van der Waals surface area contributed by atoms with Crippen LogP contribution in [0.15, 0.2) is 48.5 Å². The minimum absolute atomic E-state index is 0.313. The predicted molar refractivity (Wildman–Crippen MR) is 90.7 cm³/mol. The number of carboxylic acid groups (broad SMARTS) is 1. The quantitative estimate of drug-likeness (QED) is 0.850. The Morgan fingerprint density at radius 1 is 1.18 bits per heavy atom. The Morgan fingerprint density at radius 3 is 2.59 bits per heavy atom. The molecule has 0 unspecified atom stereocenters.